The zero-order chi connectivity index (χ0) is 16.6. The number of fused-ring (bicyclic) bond motifs is 1. The van der Waals surface area contributed by atoms with Crippen LogP contribution in [0, 0.1) is 5.92 Å². The lowest BCUT2D eigenvalue weighted by Gasteiger charge is -2.20. The Morgan fingerprint density at radius 3 is 2.87 bits per heavy atom. The molecule has 1 amide bonds. The topological polar surface area (TPSA) is 92.5 Å². The average Bonchev–Trinajstić information content (AvgIpc) is 3.11. The fraction of sp³-hybridized carbons (Fsp3) is 0.562. The third-order valence-corrected chi connectivity index (χ3v) is 6.40. The summed E-state index contributed by atoms with van der Waals surface area (Å²) < 4.78 is 28.1. The van der Waals surface area contributed by atoms with Crippen LogP contribution in [-0.2, 0) is 21.2 Å². The Kier molecular flexibility index (Phi) is 4.44. The first-order valence-corrected chi connectivity index (χ1v) is 9.54. The summed E-state index contributed by atoms with van der Waals surface area (Å²) in [5, 5.41) is 0. The van der Waals surface area contributed by atoms with Crippen molar-refractivity contribution in [1.29, 1.82) is 0 Å². The standard InChI is InChI=1S/C16H23N3O3S/c1-11(20)19-8-7-12-5-6-14(9-16(12)19)23(21,22)18-15-4-2-3-13(15)10-17/h5-6,9,13,15,18H,2-4,7-8,10,17H2,1H3/t13-,15-/m1/s1. The molecule has 2 atom stereocenters. The predicted molar refractivity (Wildman–Crippen MR) is 88.7 cm³/mol. The Hall–Kier alpha value is -1.44. The van der Waals surface area contributed by atoms with E-state index in [0.717, 1.165) is 31.2 Å². The number of nitrogens with zero attached hydrogens (tertiary/aromatic N) is 1. The van der Waals surface area contributed by atoms with Crippen LogP contribution in [0.15, 0.2) is 23.1 Å². The van der Waals surface area contributed by atoms with Crippen LogP contribution in [0.4, 0.5) is 5.69 Å². The zero-order valence-corrected chi connectivity index (χ0v) is 14.1. The van der Waals surface area contributed by atoms with Gasteiger partial charge in [-0.2, -0.15) is 0 Å². The molecule has 23 heavy (non-hydrogen) atoms. The Bertz CT molecular complexity index is 717. The van der Waals surface area contributed by atoms with E-state index in [1.807, 2.05) is 6.07 Å². The fourth-order valence-corrected chi connectivity index (χ4v) is 4.95. The zero-order valence-electron chi connectivity index (χ0n) is 13.3. The number of carbonyl (C=O) groups excluding carboxylic acids is 1. The van der Waals surface area contributed by atoms with Gasteiger partial charge >= 0.3 is 0 Å². The molecule has 0 unspecified atom stereocenters. The molecule has 2 aliphatic rings. The lowest BCUT2D eigenvalue weighted by Crippen LogP contribution is -2.39. The first-order valence-electron chi connectivity index (χ1n) is 8.06. The maximum absolute atomic E-state index is 12.7. The van der Waals surface area contributed by atoms with Crippen molar-refractivity contribution in [2.75, 3.05) is 18.0 Å². The molecule has 1 aromatic carbocycles. The first-order chi connectivity index (χ1) is 10.9. The number of anilines is 1. The van der Waals surface area contributed by atoms with Crippen LogP contribution in [0.25, 0.3) is 0 Å². The molecule has 0 radical (unpaired) electrons. The number of benzene rings is 1. The molecular formula is C16H23N3O3S. The quantitative estimate of drug-likeness (QED) is 0.857. The van der Waals surface area contributed by atoms with E-state index in [1.54, 1.807) is 17.0 Å². The summed E-state index contributed by atoms with van der Waals surface area (Å²) in [6.45, 7) is 2.61. The van der Waals surface area contributed by atoms with E-state index >= 15 is 0 Å². The van der Waals surface area contributed by atoms with Crippen molar-refractivity contribution in [3.05, 3.63) is 23.8 Å². The van der Waals surface area contributed by atoms with Gasteiger partial charge in [0, 0.05) is 25.2 Å². The summed E-state index contributed by atoms with van der Waals surface area (Å²) in [5.41, 5.74) is 7.45. The van der Waals surface area contributed by atoms with Gasteiger partial charge in [0.05, 0.1) is 4.90 Å². The van der Waals surface area contributed by atoms with Crippen LogP contribution in [0.2, 0.25) is 0 Å². The summed E-state index contributed by atoms with van der Waals surface area (Å²) in [6.07, 6.45) is 3.55. The van der Waals surface area contributed by atoms with E-state index < -0.39 is 10.0 Å². The molecule has 3 N–H and O–H groups in total. The van der Waals surface area contributed by atoms with Crippen molar-refractivity contribution < 1.29 is 13.2 Å². The summed E-state index contributed by atoms with van der Waals surface area (Å²) in [7, 11) is -3.60. The fourth-order valence-electron chi connectivity index (χ4n) is 3.59. The number of nitrogens with one attached hydrogen (secondary N) is 1. The second kappa shape index (κ2) is 6.22. The van der Waals surface area contributed by atoms with Gasteiger partial charge in [0.15, 0.2) is 0 Å². The van der Waals surface area contributed by atoms with Crippen LogP contribution in [0.3, 0.4) is 0 Å². The van der Waals surface area contributed by atoms with Gasteiger partial charge in [0.25, 0.3) is 0 Å². The summed E-state index contributed by atoms with van der Waals surface area (Å²) in [6, 6.07) is 4.94. The highest BCUT2D eigenvalue weighted by Crippen LogP contribution is 2.31. The number of nitrogens with two attached hydrogens (primary N) is 1. The molecule has 0 spiro atoms. The molecule has 3 rings (SSSR count). The Labute approximate surface area is 137 Å². The van der Waals surface area contributed by atoms with Crippen LogP contribution in [0.5, 0.6) is 0 Å². The van der Waals surface area contributed by atoms with Crippen molar-refractivity contribution in [1.82, 2.24) is 4.72 Å². The summed E-state index contributed by atoms with van der Waals surface area (Å²) in [5.74, 6) is 0.137. The molecular weight excluding hydrogens is 314 g/mol. The van der Waals surface area contributed by atoms with Crippen LogP contribution in [0.1, 0.15) is 31.7 Å². The first kappa shape index (κ1) is 16.4. The highest BCUT2D eigenvalue weighted by Gasteiger charge is 2.31. The second-order valence-electron chi connectivity index (χ2n) is 6.37. The second-order valence-corrected chi connectivity index (χ2v) is 8.08. The summed E-state index contributed by atoms with van der Waals surface area (Å²) >= 11 is 0. The highest BCUT2D eigenvalue weighted by atomic mass is 32.2. The SMILES string of the molecule is CC(=O)N1CCc2ccc(S(=O)(=O)N[C@@H]3CCC[C@@H]3CN)cc21. The molecule has 1 aliphatic carbocycles. The third kappa shape index (κ3) is 3.13. The van der Waals surface area contributed by atoms with Gasteiger partial charge < -0.3 is 10.6 Å². The van der Waals surface area contributed by atoms with Gasteiger partial charge in [-0.25, -0.2) is 13.1 Å². The van der Waals surface area contributed by atoms with E-state index in [4.69, 9.17) is 5.73 Å². The molecule has 6 nitrogen and oxygen atoms in total. The monoisotopic (exact) mass is 337 g/mol. The van der Waals surface area contributed by atoms with Crippen LogP contribution < -0.4 is 15.4 Å². The molecule has 7 heteroatoms. The van der Waals surface area contributed by atoms with Gasteiger partial charge in [-0.1, -0.05) is 12.5 Å². The van der Waals surface area contributed by atoms with Crippen molar-refractivity contribution in [2.45, 2.75) is 43.5 Å². The largest absolute Gasteiger partial charge is 0.330 e. The third-order valence-electron chi connectivity index (χ3n) is 4.91. The maximum Gasteiger partial charge on any atom is 0.240 e. The van der Waals surface area contributed by atoms with Crippen molar-refractivity contribution in [3.8, 4) is 0 Å². The molecule has 0 bridgehead atoms. The minimum absolute atomic E-state index is 0.0646. The van der Waals surface area contributed by atoms with Crippen molar-refractivity contribution in [2.24, 2.45) is 11.7 Å². The van der Waals surface area contributed by atoms with Crippen LogP contribution >= 0.6 is 0 Å². The van der Waals surface area contributed by atoms with E-state index in [9.17, 15) is 13.2 Å². The van der Waals surface area contributed by atoms with Crippen molar-refractivity contribution >= 4 is 21.6 Å². The van der Waals surface area contributed by atoms with E-state index in [2.05, 4.69) is 4.72 Å². The van der Waals surface area contributed by atoms with Gasteiger partial charge in [-0.05, 0) is 49.4 Å². The lowest BCUT2D eigenvalue weighted by atomic mass is 10.1. The molecule has 1 fully saturated rings. The van der Waals surface area contributed by atoms with Crippen LogP contribution in [-0.4, -0.2) is 33.5 Å². The average molecular weight is 337 g/mol. The molecule has 1 saturated carbocycles. The van der Waals surface area contributed by atoms with E-state index in [0.29, 0.717) is 18.8 Å². The van der Waals surface area contributed by atoms with E-state index in [-0.39, 0.29) is 22.8 Å². The molecule has 0 aromatic heterocycles. The normalized spacial score (nSPS) is 24.0. The maximum atomic E-state index is 12.7. The summed E-state index contributed by atoms with van der Waals surface area (Å²) in [4.78, 5) is 13.5. The number of amides is 1. The molecule has 1 aliphatic heterocycles. The van der Waals surface area contributed by atoms with Gasteiger partial charge in [0.1, 0.15) is 0 Å². The van der Waals surface area contributed by atoms with Crippen molar-refractivity contribution in [3.63, 3.8) is 0 Å². The smallest absolute Gasteiger partial charge is 0.240 e. The number of sulfonamides is 1. The number of carbonyl (C=O) groups is 1. The number of hydrogen-bond donors (Lipinski definition) is 2. The predicted octanol–water partition coefficient (Wildman–Crippen LogP) is 1.00. The Morgan fingerprint density at radius 1 is 1.39 bits per heavy atom. The molecule has 126 valence electrons. The number of hydrogen-bond acceptors (Lipinski definition) is 4. The molecule has 1 heterocycles. The molecule has 0 saturated heterocycles. The Morgan fingerprint density at radius 2 is 2.17 bits per heavy atom. The minimum Gasteiger partial charge on any atom is -0.330 e. The lowest BCUT2D eigenvalue weighted by molar-refractivity contribution is -0.116. The van der Waals surface area contributed by atoms with Gasteiger partial charge in [-0.3, -0.25) is 4.79 Å². The number of rotatable bonds is 4. The minimum atomic E-state index is -3.60. The molecule has 1 aromatic rings. The Balaban J connectivity index is 1.86. The highest BCUT2D eigenvalue weighted by molar-refractivity contribution is 7.89. The van der Waals surface area contributed by atoms with E-state index in [1.165, 1.54) is 6.92 Å². The van der Waals surface area contributed by atoms with Gasteiger partial charge in [-0.15, -0.1) is 0 Å². The van der Waals surface area contributed by atoms with Gasteiger partial charge in [0.2, 0.25) is 15.9 Å².